The number of hydrogen-bond donors (Lipinski definition) is 1. The Kier molecular flexibility index (Phi) is 5.31. The Bertz CT molecular complexity index is 662. The highest BCUT2D eigenvalue weighted by molar-refractivity contribution is 5.92. The van der Waals surface area contributed by atoms with Gasteiger partial charge in [0.2, 0.25) is 5.91 Å². The first kappa shape index (κ1) is 16.5. The maximum atomic E-state index is 11.9. The first-order chi connectivity index (χ1) is 11.0. The topological polar surface area (TPSA) is 99.5 Å². The zero-order valence-corrected chi connectivity index (χ0v) is 12.7. The van der Waals surface area contributed by atoms with E-state index in [1.165, 1.54) is 24.1 Å². The van der Waals surface area contributed by atoms with E-state index in [2.05, 4.69) is 5.32 Å². The second-order valence-electron chi connectivity index (χ2n) is 5.36. The summed E-state index contributed by atoms with van der Waals surface area (Å²) >= 11 is 0. The van der Waals surface area contributed by atoms with Crippen molar-refractivity contribution >= 4 is 17.8 Å². The number of nitriles is 1. The fourth-order valence-electron chi connectivity index (χ4n) is 1.84. The van der Waals surface area contributed by atoms with E-state index >= 15 is 0 Å². The molecular weight excluding hydrogens is 298 g/mol. The minimum absolute atomic E-state index is 0.0726. The van der Waals surface area contributed by atoms with Crippen LogP contribution in [0.5, 0.6) is 0 Å². The Morgan fingerprint density at radius 2 is 2.13 bits per heavy atom. The van der Waals surface area contributed by atoms with Gasteiger partial charge in [-0.25, -0.2) is 4.79 Å². The molecule has 7 nitrogen and oxygen atoms in total. The molecule has 2 amide bonds. The lowest BCUT2D eigenvalue weighted by atomic mass is 10.1. The maximum Gasteiger partial charge on any atom is 0.338 e. The van der Waals surface area contributed by atoms with Crippen LogP contribution >= 0.6 is 0 Å². The molecule has 2 rings (SSSR count). The van der Waals surface area contributed by atoms with Gasteiger partial charge in [0.1, 0.15) is 0 Å². The number of carbonyl (C=O) groups excluding carboxylic acids is 3. The van der Waals surface area contributed by atoms with Gasteiger partial charge < -0.3 is 15.0 Å². The van der Waals surface area contributed by atoms with Crippen LogP contribution in [0.2, 0.25) is 0 Å². The third-order valence-electron chi connectivity index (χ3n) is 3.30. The number of esters is 1. The summed E-state index contributed by atoms with van der Waals surface area (Å²) in [4.78, 5) is 36.5. The molecule has 1 aromatic rings. The van der Waals surface area contributed by atoms with Crippen LogP contribution in [0.3, 0.4) is 0 Å². The molecule has 23 heavy (non-hydrogen) atoms. The molecule has 0 atom stereocenters. The number of rotatable bonds is 6. The number of carbonyl (C=O) groups is 3. The maximum absolute atomic E-state index is 11.9. The van der Waals surface area contributed by atoms with Crippen LogP contribution in [-0.4, -0.2) is 48.9 Å². The third kappa shape index (κ3) is 5.11. The molecule has 1 N–H and O–H groups in total. The van der Waals surface area contributed by atoms with Gasteiger partial charge in [-0.1, -0.05) is 6.07 Å². The SMILES string of the molecule is CN(CC(=O)NC1CC1)C(=O)COC(=O)c1cccc(C#N)c1. The number of ether oxygens (including phenoxy) is 1. The van der Waals surface area contributed by atoms with E-state index < -0.39 is 18.5 Å². The van der Waals surface area contributed by atoms with E-state index in [0.29, 0.717) is 5.56 Å². The summed E-state index contributed by atoms with van der Waals surface area (Å²) in [5, 5.41) is 11.6. The molecule has 1 aliphatic carbocycles. The summed E-state index contributed by atoms with van der Waals surface area (Å²) in [6.45, 7) is -0.528. The number of nitrogens with one attached hydrogen (secondary N) is 1. The normalized spacial score (nSPS) is 12.9. The number of benzene rings is 1. The van der Waals surface area contributed by atoms with Gasteiger partial charge in [-0.15, -0.1) is 0 Å². The van der Waals surface area contributed by atoms with Crippen molar-refractivity contribution in [3.05, 3.63) is 35.4 Å². The lowest BCUT2D eigenvalue weighted by molar-refractivity contribution is -0.137. The average molecular weight is 315 g/mol. The van der Waals surface area contributed by atoms with Crippen LogP contribution in [0.4, 0.5) is 0 Å². The molecule has 1 aliphatic rings. The molecule has 7 heteroatoms. The van der Waals surface area contributed by atoms with Crippen molar-refractivity contribution in [2.75, 3.05) is 20.2 Å². The van der Waals surface area contributed by atoms with E-state index in [1.807, 2.05) is 6.07 Å². The molecule has 0 bridgehead atoms. The summed E-state index contributed by atoms with van der Waals surface area (Å²) in [5.74, 6) is -1.39. The second-order valence-corrected chi connectivity index (χ2v) is 5.36. The lowest BCUT2D eigenvalue weighted by Gasteiger charge is -2.16. The standard InChI is InChI=1S/C16H17N3O4/c1-19(9-14(20)18-13-5-6-13)15(21)10-23-16(22)12-4-2-3-11(7-12)8-17/h2-4,7,13H,5-6,9-10H2,1H3,(H,18,20). The van der Waals surface area contributed by atoms with Crippen LogP contribution in [0, 0.1) is 11.3 Å². The van der Waals surface area contributed by atoms with Gasteiger partial charge in [0, 0.05) is 13.1 Å². The van der Waals surface area contributed by atoms with E-state index in [4.69, 9.17) is 10.00 Å². The summed E-state index contributed by atoms with van der Waals surface area (Å²) in [5.41, 5.74) is 0.533. The van der Waals surface area contributed by atoms with Crippen LogP contribution in [0.25, 0.3) is 0 Å². The van der Waals surface area contributed by atoms with Crippen molar-refractivity contribution in [1.82, 2.24) is 10.2 Å². The number of nitrogens with zero attached hydrogens (tertiary/aromatic N) is 2. The molecule has 1 fully saturated rings. The number of likely N-dealkylation sites (N-methyl/N-ethyl adjacent to an activating group) is 1. The Morgan fingerprint density at radius 3 is 2.78 bits per heavy atom. The molecule has 1 saturated carbocycles. The van der Waals surface area contributed by atoms with Gasteiger partial charge in [0.05, 0.1) is 23.7 Å². The highest BCUT2D eigenvalue weighted by Crippen LogP contribution is 2.18. The lowest BCUT2D eigenvalue weighted by Crippen LogP contribution is -2.40. The number of hydrogen-bond acceptors (Lipinski definition) is 5. The molecule has 0 aromatic heterocycles. The van der Waals surface area contributed by atoms with E-state index in [9.17, 15) is 14.4 Å². The minimum Gasteiger partial charge on any atom is -0.452 e. The first-order valence-corrected chi connectivity index (χ1v) is 7.20. The fraction of sp³-hybridized carbons (Fsp3) is 0.375. The zero-order chi connectivity index (χ0) is 16.8. The summed E-state index contributed by atoms with van der Waals surface area (Å²) in [7, 11) is 1.47. The van der Waals surface area contributed by atoms with Crippen LogP contribution in [0.1, 0.15) is 28.8 Å². The van der Waals surface area contributed by atoms with Gasteiger partial charge in [-0.05, 0) is 31.0 Å². The van der Waals surface area contributed by atoms with Crippen molar-refractivity contribution in [3.63, 3.8) is 0 Å². The molecule has 0 unspecified atom stereocenters. The van der Waals surface area contributed by atoms with E-state index in [0.717, 1.165) is 12.8 Å². The Hall–Kier alpha value is -2.88. The van der Waals surface area contributed by atoms with Crippen LogP contribution in [-0.2, 0) is 14.3 Å². The Balaban J connectivity index is 1.79. The fourth-order valence-corrected chi connectivity index (χ4v) is 1.84. The largest absolute Gasteiger partial charge is 0.452 e. The van der Waals surface area contributed by atoms with Crippen LogP contribution in [0.15, 0.2) is 24.3 Å². The average Bonchev–Trinajstić information content (AvgIpc) is 3.35. The van der Waals surface area contributed by atoms with Crippen molar-refractivity contribution in [2.24, 2.45) is 0 Å². The highest BCUT2D eigenvalue weighted by Gasteiger charge is 2.24. The third-order valence-corrected chi connectivity index (χ3v) is 3.30. The number of amides is 2. The second kappa shape index (κ2) is 7.40. The predicted octanol–water partition coefficient (Wildman–Crippen LogP) is 0.452. The summed E-state index contributed by atoms with van der Waals surface area (Å²) in [6.07, 6.45) is 1.95. The Labute approximate surface area is 133 Å². The van der Waals surface area contributed by atoms with Crippen molar-refractivity contribution < 1.29 is 19.1 Å². The first-order valence-electron chi connectivity index (χ1n) is 7.20. The van der Waals surface area contributed by atoms with Gasteiger partial charge in [0.15, 0.2) is 6.61 Å². The van der Waals surface area contributed by atoms with Gasteiger partial charge in [-0.2, -0.15) is 5.26 Å². The van der Waals surface area contributed by atoms with Gasteiger partial charge in [0.25, 0.3) is 5.91 Å². The molecule has 1 aromatic carbocycles. The van der Waals surface area contributed by atoms with Crippen molar-refractivity contribution in [2.45, 2.75) is 18.9 Å². The van der Waals surface area contributed by atoms with Crippen molar-refractivity contribution in [3.8, 4) is 6.07 Å². The molecule has 0 radical (unpaired) electrons. The summed E-state index contributed by atoms with van der Waals surface area (Å²) < 4.78 is 4.91. The minimum atomic E-state index is -0.689. The molecular formula is C16H17N3O4. The quantitative estimate of drug-likeness (QED) is 0.768. The molecule has 0 aliphatic heterocycles. The Morgan fingerprint density at radius 1 is 1.39 bits per heavy atom. The predicted molar refractivity (Wildman–Crippen MR) is 80.2 cm³/mol. The van der Waals surface area contributed by atoms with Crippen molar-refractivity contribution in [1.29, 1.82) is 5.26 Å². The monoisotopic (exact) mass is 315 g/mol. The van der Waals surface area contributed by atoms with E-state index in [1.54, 1.807) is 12.1 Å². The summed E-state index contributed by atoms with van der Waals surface area (Å²) in [6, 6.07) is 8.17. The van der Waals surface area contributed by atoms with E-state index in [-0.39, 0.29) is 24.1 Å². The van der Waals surface area contributed by atoms with Gasteiger partial charge in [-0.3, -0.25) is 9.59 Å². The zero-order valence-electron chi connectivity index (χ0n) is 12.7. The molecule has 0 spiro atoms. The van der Waals surface area contributed by atoms with Crippen LogP contribution < -0.4 is 5.32 Å². The molecule has 0 saturated heterocycles. The smallest absolute Gasteiger partial charge is 0.338 e. The molecule has 0 heterocycles. The molecule has 120 valence electrons. The van der Waals surface area contributed by atoms with Gasteiger partial charge >= 0.3 is 5.97 Å². The highest BCUT2D eigenvalue weighted by atomic mass is 16.5.